The van der Waals surface area contributed by atoms with Crippen molar-refractivity contribution >= 4 is 22.5 Å². The quantitative estimate of drug-likeness (QED) is 0.400. The van der Waals surface area contributed by atoms with E-state index in [2.05, 4.69) is 5.10 Å². The van der Waals surface area contributed by atoms with Crippen molar-refractivity contribution in [2.24, 2.45) is 0 Å². The van der Waals surface area contributed by atoms with Crippen molar-refractivity contribution in [3.05, 3.63) is 89.3 Å². The van der Waals surface area contributed by atoms with Crippen LogP contribution in [0.25, 0.3) is 16.6 Å². The number of alkyl halides is 3. The van der Waals surface area contributed by atoms with Crippen LogP contribution in [0.3, 0.4) is 0 Å². The van der Waals surface area contributed by atoms with E-state index >= 15 is 0 Å². The van der Waals surface area contributed by atoms with Gasteiger partial charge in [0.2, 0.25) is 5.60 Å². The van der Waals surface area contributed by atoms with Gasteiger partial charge in [0, 0.05) is 10.4 Å². The van der Waals surface area contributed by atoms with Crippen LogP contribution in [0.1, 0.15) is 5.56 Å². The van der Waals surface area contributed by atoms with Crippen molar-refractivity contribution in [3.8, 4) is 11.4 Å². The van der Waals surface area contributed by atoms with E-state index in [0.717, 1.165) is 0 Å². The third-order valence-electron chi connectivity index (χ3n) is 4.85. The number of nitrogens with zero attached hydrogens (tertiary/aromatic N) is 2. The standard InChI is InChI=1S/C22H15ClF4N2O2/c23-16-2-8-19(9-3-16)31-13-21(30,22(25,26)27)15-1-10-20-14(11-15)12-28-29(20)18-6-4-17(24)5-7-18/h1-12,30H,13H2. The van der Waals surface area contributed by atoms with Crippen LogP contribution in [-0.2, 0) is 5.60 Å². The Balaban J connectivity index is 1.69. The van der Waals surface area contributed by atoms with Crippen molar-refractivity contribution in [3.63, 3.8) is 0 Å². The minimum atomic E-state index is -5.00. The zero-order chi connectivity index (χ0) is 22.2. The minimum Gasteiger partial charge on any atom is -0.490 e. The summed E-state index contributed by atoms with van der Waals surface area (Å²) < 4.78 is 61.4. The van der Waals surface area contributed by atoms with E-state index in [-0.39, 0.29) is 11.3 Å². The van der Waals surface area contributed by atoms with E-state index in [0.29, 0.717) is 21.6 Å². The highest BCUT2D eigenvalue weighted by atomic mass is 35.5. The zero-order valence-corrected chi connectivity index (χ0v) is 16.5. The van der Waals surface area contributed by atoms with Gasteiger partial charge in [0.15, 0.2) is 0 Å². The molecule has 9 heteroatoms. The maximum absolute atomic E-state index is 13.9. The number of ether oxygens (including phenoxy) is 1. The third kappa shape index (κ3) is 4.08. The molecule has 0 saturated carbocycles. The smallest absolute Gasteiger partial charge is 0.424 e. The van der Waals surface area contributed by atoms with Gasteiger partial charge < -0.3 is 9.84 Å². The molecule has 1 N–H and O–H groups in total. The molecule has 160 valence electrons. The Bertz CT molecular complexity index is 1210. The second-order valence-corrected chi connectivity index (χ2v) is 7.34. The molecule has 4 nitrogen and oxygen atoms in total. The second kappa shape index (κ2) is 7.86. The van der Waals surface area contributed by atoms with Gasteiger partial charge in [-0.2, -0.15) is 18.3 Å². The fourth-order valence-corrected chi connectivity index (χ4v) is 3.25. The molecule has 0 spiro atoms. The summed E-state index contributed by atoms with van der Waals surface area (Å²) in [6.07, 6.45) is -3.63. The van der Waals surface area contributed by atoms with Crippen LogP contribution in [-0.4, -0.2) is 27.7 Å². The minimum absolute atomic E-state index is 0.136. The molecule has 3 aromatic carbocycles. The maximum Gasteiger partial charge on any atom is 0.424 e. The van der Waals surface area contributed by atoms with Crippen LogP contribution in [0.4, 0.5) is 17.6 Å². The number of fused-ring (bicyclic) bond motifs is 1. The highest BCUT2D eigenvalue weighted by Crippen LogP contribution is 2.40. The summed E-state index contributed by atoms with van der Waals surface area (Å²) in [5.41, 5.74) is -2.60. The summed E-state index contributed by atoms with van der Waals surface area (Å²) in [5.74, 6) is -0.282. The summed E-state index contributed by atoms with van der Waals surface area (Å²) in [4.78, 5) is 0. The number of aliphatic hydroxyl groups is 1. The Kier molecular flexibility index (Phi) is 5.36. The normalized spacial score (nSPS) is 13.9. The van der Waals surface area contributed by atoms with Crippen LogP contribution in [0.2, 0.25) is 5.02 Å². The van der Waals surface area contributed by atoms with Crippen LogP contribution in [0.15, 0.2) is 72.9 Å². The van der Waals surface area contributed by atoms with Gasteiger partial charge in [-0.3, -0.25) is 0 Å². The Morgan fingerprint density at radius 3 is 2.29 bits per heavy atom. The number of rotatable bonds is 5. The van der Waals surface area contributed by atoms with Crippen molar-refractivity contribution in [2.75, 3.05) is 6.61 Å². The SMILES string of the molecule is OC(COc1ccc(Cl)cc1)(c1ccc2c(cnn2-c2ccc(F)cc2)c1)C(F)(F)F. The Morgan fingerprint density at radius 1 is 0.968 bits per heavy atom. The molecule has 4 aromatic rings. The fraction of sp³-hybridized carbons (Fsp3) is 0.136. The molecule has 0 saturated heterocycles. The lowest BCUT2D eigenvalue weighted by Crippen LogP contribution is -2.47. The highest BCUT2D eigenvalue weighted by molar-refractivity contribution is 6.30. The number of halogens is 5. The van der Waals surface area contributed by atoms with Gasteiger partial charge in [-0.25, -0.2) is 9.07 Å². The predicted octanol–water partition coefficient (Wildman–Crippen LogP) is 5.65. The molecule has 0 aliphatic rings. The Labute approximate surface area is 179 Å². The molecule has 1 heterocycles. The van der Waals surface area contributed by atoms with Crippen LogP contribution in [0.5, 0.6) is 5.75 Å². The monoisotopic (exact) mass is 450 g/mol. The lowest BCUT2D eigenvalue weighted by atomic mass is 9.93. The van der Waals surface area contributed by atoms with Gasteiger partial charge in [-0.15, -0.1) is 0 Å². The summed E-state index contributed by atoms with van der Waals surface area (Å²) in [7, 11) is 0. The fourth-order valence-electron chi connectivity index (χ4n) is 3.13. The largest absolute Gasteiger partial charge is 0.490 e. The number of benzene rings is 3. The third-order valence-corrected chi connectivity index (χ3v) is 5.10. The first kappa shape index (κ1) is 21.1. The Morgan fingerprint density at radius 2 is 1.65 bits per heavy atom. The molecule has 1 unspecified atom stereocenters. The molecular formula is C22H15ClF4N2O2. The molecule has 0 radical (unpaired) electrons. The molecule has 4 rings (SSSR count). The van der Waals surface area contributed by atoms with Crippen molar-refractivity contribution in [2.45, 2.75) is 11.8 Å². The molecule has 0 aliphatic heterocycles. The van der Waals surface area contributed by atoms with Crippen molar-refractivity contribution in [1.82, 2.24) is 9.78 Å². The molecular weight excluding hydrogens is 436 g/mol. The van der Waals surface area contributed by atoms with Gasteiger partial charge in [0.25, 0.3) is 0 Å². The van der Waals surface area contributed by atoms with Gasteiger partial charge in [0.05, 0.1) is 17.4 Å². The van der Waals surface area contributed by atoms with E-state index in [4.69, 9.17) is 16.3 Å². The molecule has 0 aliphatic carbocycles. The number of hydrogen-bond donors (Lipinski definition) is 1. The van der Waals surface area contributed by atoms with E-state index in [1.807, 2.05) is 0 Å². The molecule has 31 heavy (non-hydrogen) atoms. The number of aromatic nitrogens is 2. The lowest BCUT2D eigenvalue weighted by Gasteiger charge is -2.30. The lowest BCUT2D eigenvalue weighted by molar-refractivity contribution is -0.275. The van der Waals surface area contributed by atoms with Crippen LogP contribution in [0, 0.1) is 5.82 Å². The van der Waals surface area contributed by atoms with Gasteiger partial charge >= 0.3 is 6.18 Å². The van der Waals surface area contributed by atoms with Crippen LogP contribution >= 0.6 is 11.6 Å². The molecule has 0 bridgehead atoms. The average molecular weight is 451 g/mol. The first-order chi connectivity index (χ1) is 14.7. The predicted molar refractivity (Wildman–Crippen MR) is 108 cm³/mol. The van der Waals surface area contributed by atoms with Gasteiger partial charge in [-0.1, -0.05) is 17.7 Å². The molecule has 1 aromatic heterocycles. The van der Waals surface area contributed by atoms with Crippen LogP contribution < -0.4 is 4.74 Å². The molecule has 0 amide bonds. The Hall–Kier alpha value is -3.10. The topological polar surface area (TPSA) is 47.3 Å². The van der Waals surface area contributed by atoms with E-state index < -0.39 is 24.2 Å². The van der Waals surface area contributed by atoms with Gasteiger partial charge in [-0.05, 0) is 66.2 Å². The second-order valence-electron chi connectivity index (χ2n) is 6.91. The summed E-state index contributed by atoms with van der Waals surface area (Å²) in [6, 6.07) is 15.1. The van der Waals surface area contributed by atoms with E-state index in [9.17, 15) is 22.7 Å². The van der Waals surface area contributed by atoms with E-state index in [1.54, 1.807) is 0 Å². The highest BCUT2D eigenvalue weighted by Gasteiger charge is 2.56. The molecule has 0 fully saturated rings. The van der Waals surface area contributed by atoms with E-state index in [1.165, 1.54) is 77.6 Å². The maximum atomic E-state index is 13.9. The van der Waals surface area contributed by atoms with Crippen molar-refractivity contribution < 1.29 is 27.4 Å². The molecule has 1 atom stereocenters. The summed E-state index contributed by atoms with van der Waals surface area (Å²) >= 11 is 5.77. The van der Waals surface area contributed by atoms with Crippen molar-refractivity contribution in [1.29, 1.82) is 0 Å². The summed E-state index contributed by atoms with van der Waals surface area (Å²) in [5, 5.41) is 15.5. The first-order valence-electron chi connectivity index (χ1n) is 9.09. The first-order valence-corrected chi connectivity index (χ1v) is 9.47. The van der Waals surface area contributed by atoms with Gasteiger partial charge in [0.1, 0.15) is 18.2 Å². The number of hydrogen-bond acceptors (Lipinski definition) is 3. The summed E-state index contributed by atoms with van der Waals surface area (Å²) in [6.45, 7) is -1.05. The average Bonchev–Trinajstić information content (AvgIpc) is 3.16. The zero-order valence-electron chi connectivity index (χ0n) is 15.8.